The predicted octanol–water partition coefficient (Wildman–Crippen LogP) is 3.57. The number of carbonyl (C=O) groups excluding carboxylic acids is 1. The molecule has 0 aliphatic carbocycles. The molecule has 0 bridgehead atoms. The molecule has 4 heteroatoms. The van der Waals surface area contributed by atoms with E-state index >= 15 is 0 Å². The number of Topliss-reactive ketones (excluding diaryl/α,β-unsaturated/α-hetero) is 1. The molecule has 19 heavy (non-hydrogen) atoms. The Hall–Kier alpha value is -1.42. The second kappa shape index (κ2) is 5.70. The number of aryl methyl sites for hydroxylation is 2. The summed E-state index contributed by atoms with van der Waals surface area (Å²) in [5, 5.41) is 4.47. The Bertz CT molecular complexity index is 595. The lowest BCUT2D eigenvalue weighted by Crippen LogP contribution is -2.12. The monoisotopic (exact) mass is 276 g/mol. The molecule has 2 heterocycles. The summed E-state index contributed by atoms with van der Waals surface area (Å²) < 4.78 is 1.84. The van der Waals surface area contributed by atoms with Gasteiger partial charge in [0.2, 0.25) is 0 Å². The summed E-state index contributed by atoms with van der Waals surface area (Å²) >= 11 is 1.59. The zero-order valence-corrected chi connectivity index (χ0v) is 12.8. The molecule has 2 aromatic rings. The first-order valence-corrected chi connectivity index (χ1v) is 7.53. The molecule has 0 spiro atoms. The molecule has 0 radical (unpaired) electrons. The zero-order chi connectivity index (χ0) is 14.0. The molecular weight excluding hydrogens is 256 g/mol. The molecule has 2 aromatic heterocycles. The van der Waals surface area contributed by atoms with Crippen molar-refractivity contribution in [2.75, 3.05) is 0 Å². The third kappa shape index (κ3) is 2.78. The standard InChI is InChI=1S/C15H20N2OS/c1-5-12-7-8-15(19-12)14(18)9-17-11(4)13(6-2)10(3)16-17/h7-8H,5-6,9H2,1-4H3. The number of carbonyl (C=O) groups is 1. The van der Waals surface area contributed by atoms with Gasteiger partial charge in [-0.3, -0.25) is 9.48 Å². The Morgan fingerprint density at radius 1 is 1.26 bits per heavy atom. The van der Waals surface area contributed by atoms with E-state index in [0.717, 1.165) is 29.1 Å². The van der Waals surface area contributed by atoms with E-state index in [0.29, 0.717) is 6.54 Å². The van der Waals surface area contributed by atoms with Crippen molar-refractivity contribution < 1.29 is 4.79 Å². The van der Waals surface area contributed by atoms with Gasteiger partial charge in [-0.1, -0.05) is 13.8 Å². The van der Waals surface area contributed by atoms with Gasteiger partial charge in [0, 0.05) is 10.6 Å². The number of ketones is 1. The summed E-state index contributed by atoms with van der Waals surface area (Å²) in [5.41, 5.74) is 3.40. The molecule has 0 saturated heterocycles. The average molecular weight is 276 g/mol. The van der Waals surface area contributed by atoms with Crippen LogP contribution in [0.4, 0.5) is 0 Å². The lowest BCUT2D eigenvalue weighted by Gasteiger charge is -2.03. The van der Waals surface area contributed by atoms with Crippen molar-refractivity contribution in [1.29, 1.82) is 0 Å². The molecule has 0 atom stereocenters. The maximum atomic E-state index is 12.3. The van der Waals surface area contributed by atoms with Crippen LogP contribution in [-0.4, -0.2) is 15.6 Å². The molecule has 0 saturated carbocycles. The number of hydrogen-bond donors (Lipinski definition) is 0. The summed E-state index contributed by atoms with van der Waals surface area (Å²) in [4.78, 5) is 14.3. The van der Waals surface area contributed by atoms with Crippen LogP contribution in [0.3, 0.4) is 0 Å². The van der Waals surface area contributed by atoms with E-state index in [1.807, 2.05) is 30.7 Å². The molecule has 2 rings (SSSR count). The fraction of sp³-hybridized carbons (Fsp3) is 0.467. The third-order valence-electron chi connectivity index (χ3n) is 3.46. The van der Waals surface area contributed by atoms with Gasteiger partial charge in [0.15, 0.2) is 5.78 Å². The average Bonchev–Trinajstić information content (AvgIpc) is 2.95. The predicted molar refractivity (Wildman–Crippen MR) is 79.1 cm³/mol. The van der Waals surface area contributed by atoms with E-state index in [4.69, 9.17) is 0 Å². The SMILES string of the molecule is CCc1ccc(C(=O)Cn2nc(C)c(CC)c2C)s1. The van der Waals surface area contributed by atoms with Gasteiger partial charge in [0.25, 0.3) is 0 Å². The number of hydrogen-bond acceptors (Lipinski definition) is 3. The number of thiophene rings is 1. The highest BCUT2D eigenvalue weighted by Gasteiger charge is 2.14. The van der Waals surface area contributed by atoms with E-state index in [9.17, 15) is 4.79 Å². The fourth-order valence-corrected chi connectivity index (χ4v) is 3.21. The first-order chi connectivity index (χ1) is 9.06. The van der Waals surface area contributed by atoms with Gasteiger partial charge in [0.05, 0.1) is 10.6 Å². The van der Waals surface area contributed by atoms with Crippen LogP contribution in [-0.2, 0) is 19.4 Å². The van der Waals surface area contributed by atoms with Crippen LogP contribution < -0.4 is 0 Å². The minimum Gasteiger partial charge on any atom is -0.291 e. The van der Waals surface area contributed by atoms with E-state index in [1.54, 1.807) is 11.3 Å². The van der Waals surface area contributed by atoms with Crippen molar-refractivity contribution in [3.63, 3.8) is 0 Å². The Kier molecular flexibility index (Phi) is 4.20. The minimum atomic E-state index is 0.151. The molecule has 0 fully saturated rings. The largest absolute Gasteiger partial charge is 0.291 e. The van der Waals surface area contributed by atoms with Gasteiger partial charge < -0.3 is 0 Å². The Morgan fingerprint density at radius 3 is 2.53 bits per heavy atom. The molecule has 0 amide bonds. The maximum Gasteiger partial charge on any atom is 0.194 e. The summed E-state index contributed by atoms with van der Waals surface area (Å²) in [6, 6.07) is 3.97. The van der Waals surface area contributed by atoms with Gasteiger partial charge in [-0.2, -0.15) is 5.10 Å². The van der Waals surface area contributed by atoms with E-state index in [1.165, 1.54) is 10.4 Å². The van der Waals surface area contributed by atoms with Gasteiger partial charge in [-0.05, 0) is 44.4 Å². The number of nitrogens with zero attached hydrogens (tertiary/aromatic N) is 2. The zero-order valence-electron chi connectivity index (χ0n) is 12.0. The van der Waals surface area contributed by atoms with E-state index in [2.05, 4.69) is 18.9 Å². The number of aromatic nitrogens is 2. The van der Waals surface area contributed by atoms with Gasteiger partial charge in [-0.15, -0.1) is 11.3 Å². The van der Waals surface area contributed by atoms with Crippen LogP contribution in [0.1, 0.15) is 45.3 Å². The van der Waals surface area contributed by atoms with Crippen molar-refractivity contribution in [2.24, 2.45) is 0 Å². The molecule has 0 aliphatic heterocycles. The maximum absolute atomic E-state index is 12.3. The summed E-state index contributed by atoms with van der Waals surface area (Å²) in [5.74, 6) is 0.151. The summed E-state index contributed by atoms with van der Waals surface area (Å²) in [6.07, 6.45) is 1.95. The van der Waals surface area contributed by atoms with Crippen molar-refractivity contribution in [3.05, 3.63) is 38.8 Å². The Morgan fingerprint density at radius 2 is 2.00 bits per heavy atom. The highest BCUT2D eigenvalue weighted by Crippen LogP contribution is 2.19. The van der Waals surface area contributed by atoms with Gasteiger partial charge in [-0.25, -0.2) is 0 Å². The van der Waals surface area contributed by atoms with Crippen LogP contribution in [0, 0.1) is 13.8 Å². The summed E-state index contributed by atoms with van der Waals surface area (Å²) in [6.45, 7) is 8.62. The van der Waals surface area contributed by atoms with Crippen LogP contribution in [0.5, 0.6) is 0 Å². The molecule has 3 nitrogen and oxygen atoms in total. The second-order valence-electron chi connectivity index (χ2n) is 4.70. The number of rotatable bonds is 5. The smallest absolute Gasteiger partial charge is 0.194 e. The third-order valence-corrected chi connectivity index (χ3v) is 4.73. The topological polar surface area (TPSA) is 34.9 Å². The molecule has 0 aromatic carbocycles. The quantitative estimate of drug-likeness (QED) is 0.783. The first kappa shape index (κ1) is 14.0. The van der Waals surface area contributed by atoms with Crippen molar-refractivity contribution >= 4 is 17.1 Å². The first-order valence-electron chi connectivity index (χ1n) is 6.71. The van der Waals surface area contributed by atoms with Crippen LogP contribution in [0.25, 0.3) is 0 Å². The molecule has 102 valence electrons. The summed E-state index contributed by atoms with van der Waals surface area (Å²) in [7, 11) is 0. The second-order valence-corrected chi connectivity index (χ2v) is 5.87. The highest BCUT2D eigenvalue weighted by atomic mass is 32.1. The van der Waals surface area contributed by atoms with Crippen molar-refractivity contribution in [2.45, 2.75) is 47.1 Å². The molecule has 0 aliphatic rings. The molecular formula is C15H20N2OS. The fourth-order valence-electron chi connectivity index (χ4n) is 2.33. The van der Waals surface area contributed by atoms with Crippen LogP contribution >= 0.6 is 11.3 Å². The van der Waals surface area contributed by atoms with E-state index < -0.39 is 0 Å². The van der Waals surface area contributed by atoms with Crippen LogP contribution in [0.2, 0.25) is 0 Å². The lowest BCUT2D eigenvalue weighted by atomic mass is 10.1. The minimum absolute atomic E-state index is 0.151. The molecule has 0 unspecified atom stereocenters. The van der Waals surface area contributed by atoms with Crippen LogP contribution in [0.15, 0.2) is 12.1 Å². The Labute approximate surface area is 118 Å². The lowest BCUT2D eigenvalue weighted by molar-refractivity contribution is 0.0970. The van der Waals surface area contributed by atoms with Gasteiger partial charge in [0.1, 0.15) is 6.54 Å². The Balaban J connectivity index is 2.19. The van der Waals surface area contributed by atoms with E-state index in [-0.39, 0.29) is 5.78 Å². The molecule has 0 N–H and O–H groups in total. The van der Waals surface area contributed by atoms with Gasteiger partial charge >= 0.3 is 0 Å². The highest BCUT2D eigenvalue weighted by molar-refractivity contribution is 7.14. The normalized spacial score (nSPS) is 10.9. The van der Waals surface area contributed by atoms with Crippen molar-refractivity contribution in [3.8, 4) is 0 Å². The van der Waals surface area contributed by atoms with Crippen molar-refractivity contribution in [1.82, 2.24) is 9.78 Å².